The molecule has 0 bridgehead atoms. The number of rotatable bonds is 5. The van der Waals surface area contributed by atoms with Gasteiger partial charge < -0.3 is 16.4 Å². The van der Waals surface area contributed by atoms with Crippen molar-refractivity contribution in [3.05, 3.63) is 27.5 Å². The van der Waals surface area contributed by atoms with Gasteiger partial charge in [-0.2, -0.15) is 9.97 Å². The van der Waals surface area contributed by atoms with Crippen LogP contribution in [0.4, 0.5) is 17.6 Å². The zero-order chi connectivity index (χ0) is 14.7. The lowest BCUT2D eigenvalue weighted by atomic mass is 10.1. The number of nitrogens with zero attached hydrogens (tertiary/aromatic N) is 2. The third-order valence-electron chi connectivity index (χ3n) is 3.01. The van der Waals surface area contributed by atoms with E-state index < -0.39 is 0 Å². The molecule has 2 aromatic rings. The summed E-state index contributed by atoms with van der Waals surface area (Å²) in [6, 6.07) is 4.28. The van der Waals surface area contributed by atoms with Crippen LogP contribution in [-0.4, -0.2) is 16.5 Å². The van der Waals surface area contributed by atoms with Crippen LogP contribution in [-0.2, 0) is 0 Å². The van der Waals surface area contributed by atoms with Crippen LogP contribution < -0.4 is 16.4 Å². The van der Waals surface area contributed by atoms with Gasteiger partial charge in [-0.05, 0) is 39.3 Å². The molecule has 0 amide bonds. The van der Waals surface area contributed by atoms with Gasteiger partial charge in [-0.3, -0.25) is 0 Å². The summed E-state index contributed by atoms with van der Waals surface area (Å²) >= 11 is 1.81. The summed E-state index contributed by atoms with van der Waals surface area (Å²) in [5.41, 5.74) is 7.04. The first-order valence-corrected chi connectivity index (χ1v) is 7.53. The van der Waals surface area contributed by atoms with Crippen LogP contribution in [0.3, 0.4) is 0 Å². The molecule has 0 aromatic carbocycles. The Balaban J connectivity index is 2.18. The number of hydrogen-bond donors (Lipinski definition) is 3. The van der Waals surface area contributed by atoms with Crippen molar-refractivity contribution in [1.82, 2.24) is 9.97 Å². The van der Waals surface area contributed by atoms with Crippen molar-refractivity contribution in [2.45, 2.75) is 33.7 Å². The summed E-state index contributed by atoms with van der Waals surface area (Å²) in [4.78, 5) is 11.0. The highest BCUT2D eigenvalue weighted by atomic mass is 32.1. The Hall–Kier alpha value is -1.82. The summed E-state index contributed by atoms with van der Waals surface area (Å²) in [5, 5.41) is 6.54. The van der Waals surface area contributed by atoms with Gasteiger partial charge in [0.15, 0.2) is 0 Å². The molecule has 1 atom stereocenters. The lowest BCUT2D eigenvalue weighted by molar-refractivity contribution is 0.870. The SMILES string of the molecule is CCNc1cc(NC(C)c2cc(C)sc2C)nc(N)n1. The minimum atomic E-state index is 0.184. The molecule has 4 N–H and O–H groups in total. The van der Waals surface area contributed by atoms with Crippen molar-refractivity contribution in [3.8, 4) is 0 Å². The average molecular weight is 291 g/mol. The van der Waals surface area contributed by atoms with Crippen LogP contribution in [0.5, 0.6) is 0 Å². The maximum Gasteiger partial charge on any atom is 0.223 e. The number of nitrogen functional groups attached to an aromatic ring is 1. The van der Waals surface area contributed by atoms with Crippen molar-refractivity contribution in [1.29, 1.82) is 0 Å². The van der Waals surface area contributed by atoms with Gasteiger partial charge in [0.2, 0.25) is 5.95 Å². The quantitative estimate of drug-likeness (QED) is 0.787. The van der Waals surface area contributed by atoms with Gasteiger partial charge in [0.25, 0.3) is 0 Å². The van der Waals surface area contributed by atoms with Gasteiger partial charge in [-0.15, -0.1) is 11.3 Å². The van der Waals surface area contributed by atoms with Crippen molar-refractivity contribution in [2.75, 3.05) is 22.9 Å². The second-order valence-corrected chi connectivity index (χ2v) is 6.22. The molecule has 2 aromatic heterocycles. The smallest absolute Gasteiger partial charge is 0.223 e. The van der Waals surface area contributed by atoms with Gasteiger partial charge in [0.1, 0.15) is 11.6 Å². The fourth-order valence-electron chi connectivity index (χ4n) is 2.19. The Kier molecular flexibility index (Phi) is 4.44. The van der Waals surface area contributed by atoms with Crippen molar-refractivity contribution >= 4 is 28.9 Å². The zero-order valence-electron chi connectivity index (χ0n) is 12.3. The molecule has 0 aliphatic carbocycles. The van der Waals surface area contributed by atoms with Crippen molar-refractivity contribution < 1.29 is 0 Å². The largest absolute Gasteiger partial charge is 0.370 e. The van der Waals surface area contributed by atoms with Gasteiger partial charge in [-0.25, -0.2) is 0 Å². The van der Waals surface area contributed by atoms with E-state index in [1.54, 1.807) is 0 Å². The van der Waals surface area contributed by atoms with Gasteiger partial charge in [0.05, 0.1) is 6.04 Å². The predicted molar refractivity (Wildman–Crippen MR) is 86.4 cm³/mol. The first-order chi connectivity index (χ1) is 9.49. The lowest BCUT2D eigenvalue weighted by Crippen LogP contribution is -2.11. The Morgan fingerprint density at radius 2 is 1.95 bits per heavy atom. The molecular formula is C14H21N5S. The number of nitrogens with two attached hydrogens (primary N) is 1. The summed E-state index contributed by atoms with van der Waals surface area (Å²) in [7, 11) is 0. The Bertz CT molecular complexity index is 593. The fourth-order valence-corrected chi connectivity index (χ4v) is 3.21. The maximum absolute atomic E-state index is 5.74. The van der Waals surface area contributed by atoms with E-state index >= 15 is 0 Å². The van der Waals surface area contributed by atoms with E-state index in [9.17, 15) is 0 Å². The fraction of sp³-hybridized carbons (Fsp3) is 0.429. The number of nitrogens with one attached hydrogen (secondary N) is 2. The molecule has 0 saturated carbocycles. The third-order valence-corrected chi connectivity index (χ3v) is 3.99. The van der Waals surface area contributed by atoms with E-state index in [0.717, 1.165) is 18.2 Å². The Morgan fingerprint density at radius 1 is 1.25 bits per heavy atom. The van der Waals surface area contributed by atoms with Crippen LogP contribution in [0.15, 0.2) is 12.1 Å². The molecule has 0 radical (unpaired) electrons. The summed E-state index contributed by atoms with van der Waals surface area (Å²) < 4.78 is 0. The molecule has 0 saturated heterocycles. The Labute approximate surface area is 123 Å². The summed E-state index contributed by atoms with van der Waals surface area (Å²) in [6.07, 6.45) is 0. The van der Waals surface area contributed by atoms with E-state index in [0.29, 0.717) is 0 Å². The maximum atomic E-state index is 5.74. The number of hydrogen-bond acceptors (Lipinski definition) is 6. The molecule has 2 rings (SSSR count). The first-order valence-electron chi connectivity index (χ1n) is 6.71. The van der Waals surface area contributed by atoms with Crippen LogP contribution in [0, 0.1) is 13.8 Å². The average Bonchev–Trinajstić information content (AvgIpc) is 2.68. The molecule has 0 aliphatic heterocycles. The monoisotopic (exact) mass is 291 g/mol. The van der Waals surface area contributed by atoms with Gasteiger partial charge in [0, 0.05) is 22.4 Å². The molecule has 0 fully saturated rings. The van der Waals surface area contributed by atoms with E-state index in [1.807, 2.05) is 24.3 Å². The van der Waals surface area contributed by atoms with E-state index in [1.165, 1.54) is 15.3 Å². The molecule has 5 nitrogen and oxygen atoms in total. The molecule has 20 heavy (non-hydrogen) atoms. The topological polar surface area (TPSA) is 75.9 Å². The molecule has 6 heteroatoms. The van der Waals surface area contributed by atoms with Gasteiger partial charge >= 0.3 is 0 Å². The van der Waals surface area contributed by atoms with Crippen molar-refractivity contribution in [3.63, 3.8) is 0 Å². The molecular weight excluding hydrogens is 270 g/mol. The standard InChI is InChI=1S/C14H21N5S/c1-5-16-12-7-13(19-14(15)18-12)17-9(3)11-6-8(2)20-10(11)4/h6-7,9H,5H2,1-4H3,(H4,15,16,17,18,19). The number of anilines is 3. The number of aryl methyl sites for hydroxylation is 2. The van der Waals surface area contributed by atoms with Crippen LogP contribution >= 0.6 is 11.3 Å². The number of aromatic nitrogens is 2. The predicted octanol–water partition coefficient (Wildman–Crippen LogP) is 3.34. The van der Waals surface area contributed by atoms with E-state index in [-0.39, 0.29) is 12.0 Å². The molecule has 1 unspecified atom stereocenters. The van der Waals surface area contributed by atoms with Crippen LogP contribution in [0.25, 0.3) is 0 Å². The second-order valence-electron chi connectivity index (χ2n) is 4.76. The van der Waals surface area contributed by atoms with Gasteiger partial charge in [-0.1, -0.05) is 0 Å². The first kappa shape index (κ1) is 14.6. The van der Waals surface area contributed by atoms with Crippen LogP contribution in [0.1, 0.15) is 35.2 Å². The Morgan fingerprint density at radius 3 is 2.55 bits per heavy atom. The van der Waals surface area contributed by atoms with Crippen molar-refractivity contribution in [2.24, 2.45) is 0 Å². The highest BCUT2D eigenvalue weighted by molar-refractivity contribution is 7.12. The third kappa shape index (κ3) is 3.39. The van der Waals surface area contributed by atoms with E-state index in [4.69, 9.17) is 5.73 Å². The summed E-state index contributed by atoms with van der Waals surface area (Å²) in [5.74, 6) is 1.76. The summed E-state index contributed by atoms with van der Waals surface area (Å²) in [6.45, 7) is 9.21. The molecule has 0 spiro atoms. The normalized spacial score (nSPS) is 12.2. The second kappa shape index (κ2) is 6.09. The highest BCUT2D eigenvalue weighted by Crippen LogP contribution is 2.28. The lowest BCUT2D eigenvalue weighted by Gasteiger charge is -2.15. The molecule has 2 heterocycles. The minimum absolute atomic E-state index is 0.184. The zero-order valence-corrected chi connectivity index (χ0v) is 13.1. The van der Waals surface area contributed by atoms with Crippen LogP contribution in [0.2, 0.25) is 0 Å². The van der Waals surface area contributed by atoms with E-state index in [2.05, 4.69) is 47.4 Å². The highest BCUT2D eigenvalue weighted by Gasteiger charge is 2.12. The molecule has 108 valence electrons. The number of thiophene rings is 1. The minimum Gasteiger partial charge on any atom is -0.370 e. The molecule has 0 aliphatic rings.